The van der Waals surface area contributed by atoms with Gasteiger partial charge in [0.05, 0.1) is 6.26 Å². The van der Waals surface area contributed by atoms with Crippen LogP contribution in [0.1, 0.15) is 35.4 Å². The van der Waals surface area contributed by atoms with E-state index >= 15 is 0 Å². The number of hydrogen-bond acceptors (Lipinski definition) is 3. The van der Waals surface area contributed by atoms with Crippen LogP contribution in [0.5, 0.6) is 0 Å². The van der Waals surface area contributed by atoms with Gasteiger partial charge in [-0.05, 0) is 44.0 Å². The lowest BCUT2D eigenvalue weighted by Crippen LogP contribution is -2.83. The van der Waals surface area contributed by atoms with Crippen LogP contribution in [-0.4, -0.2) is 0 Å². The van der Waals surface area contributed by atoms with Gasteiger partial charge >= 0.3 is 5.63 Å². The minimum Gasteiger partial charge on any atom is -0.463 e. The van der Waals surface area contributed by atoms with Crippen molar-refractivity contribution in [3.8, 4) is 0 Å². The van der Waals surface area contributed by atoms with Crippen molar-refractivity contribution in [3.05, 3.63) is 69.5 Å². The highest BCUT2D eigenvalue weighted by molar-refractivity contribution is 5.83. The van der Waals surface area contributed by atoms with Gasteiger partial charge in [0.15, 0.2) is 5.76 Å². The summed E-state index contributed by atoms with van der Waals surface area (Å²) in [6, 6.07) is 9.73. The van der Waals surface area contributed by atoms with E-state index in [9.17, 15) is 4.79 Å². The highest BCUT2D eigenvalue weighted by Gasteiger charge is 2.14. The summed E-state index contributed by atoms with van der Waals surface area (Å²) in [7, 11) is 0. The zero-order chi connectivity index (χ0) is 15.7. The molecule has 2 aromatic heterocycles. The summed E-state index contributed by atoms with van der Waals surface area (Å²) >= 11 is 0. The molecule has 0 amide bonds. The molecule has 0 radical (unpaired) electrons. The van der Waals surface area contributed by atoms with Gasteiger partial charge < -0.3 is 14.2 Å². The second-order valence-electron chi connectivity index (χ2n) is 5.72. The summed E-state index contributed by atoms with van der Waals surface area (Å²) in [5.41, 5.74) is 3.54. The van der Waals surface area contributed by atoms with Crippen LogP contribution in [0.25, 0.3) is 11.0 Å². The predicted molar refractivity (Wildman–Crippen MR) is 84.7 cm³/mol. The largest absolute Gasteiger partial charge is 0.463 e. The maximum atomic E-state index is 11.8. The Morgan fingerprint density at radius 2 is 2.05 bits per heavy atom. The van der Waals surface area contributed by atoms with Gasteiger partial charge in [0.2, 0.25) is 0 Å². The van der Waals surface area contributed by atoms with Crippen LogP contribution in [0.15, 0.2) is 50.2 Å². The van der Waals surface area contributed by atoms with E-state index in [-0.39, 0.29) is 11.7 Å². The predicted octanol–water partition coefficient (Wildman–Crippen LogP) is 2.83. The summed E-state index contributed by atoms with van der Waals surface area (Å²) < 4.78 is 10.8. The summed E-state index contributed by atoms with van der Waals surface area (Å²) in [6.45, 7) is 6.79. The molecule has 1 atom stereocenters. The Morgan fingerprint density at radius 1 is 1.23 bits per heavy atom. The normalized spacial score (nSPS) is 12.7. The summed E-state index contributed by atoms with van der Waals surface area (Å²) in [5.74, 6) is 0.930. The molecule has 0 saturated carbocycles. The van der Waals surface area contributed by atoms with Crippen LogP contribution >= 0.6 is 0 Å². The van der Waals surface area contributed by atoms with Gasteiger partial charge in [-0.3, -0.25) is 0 Å². The van der Waals surface area contributed by atoms with Crippen LogP contribution in [0, 0.1) is 13.8 Å². The molecule has 22 heavy (non-hydrogen) atoms. The van der Waals surface area contributed by atoms with Crippen molar-refractivity contribution in [1.29, 1.82) is 0 Å². The SMILES string of the molecule is Cc1ccc2c(C[NH2+][C@H](C)c3ccco3)cc(=O)oc2c1C. The molecule has 0 unspecified atom stereocenters. The average molecular weight is 298 g/mol. The Kier molecular flexibility index (Phi) is 3.86. The molecule has 0 saturated heterocycles. The molecular formula is C18H20NO3+. The molecule has 3 aromatic rings. The van der Waals surface area contributed by atoms with E-state index in [1.165, 1.54) is 0 Å². The fraction of sp³-hybridized carbons (Fsp3) is 0.278. The average Bonchev–Trinajstić information content (AvgIpc) is 3.03. The number of rotatable bonds is 4. The molecule has 3 rings (SSSR count). The van der Waals surface area contributed by atoms with Gasteiger partial charge in [0.1, 0.15) is 18.2 Å². The van der Waals surface area contributed by atoms with Gasteiger partial charge in [-0.25, -0.2) is 4.79 Å². The lowest BCUT2D eigenvalue weighted by atomic mass is 10.0. The number of fused-ring (bicyclic) bond motifs is 1. The number of quaternary nitrogens is 1. The quantitative estimate of drug-likeness (QED) is 0.753. The van der Waals surface area contributed by atoms with Crippen LogP contribution in [0.4, 0.5) is 0 Å². The maximum Gasteiger partial charge on any atom is 0.336 e. The first kappa shape index (κ1) is 14.6. The van der Waals surface area contributed by atoms with E-state index < -0.39 is 0 Å². The van der Waals surface area contributed by atoms with E-state index in [2.05, 4.69) is 18.3 Å². The van der Waals surface area contributed by atoms with E-state index in [4.69, 9.17) is 8.83 Å². The Bertz CT molecular complexity index is 847. The van der Waals surface area contributed by atoms with Crippen molar-refractivity contribution in [1.82, 2.24) is 0 Å². The molecule has 1 aromatic carbocycles. The van der Waals surface area contributed by atoms with Crippen molar-refractivity contribution in [2.45, 2.75) is 33.4 Å². The molecule has 2 heterocycles. The van der Waals surface area contributed by atoms with E-state index in [0.717, 1.165) is 27.8 Å². The topological polar surface area (TPSA) is 60.0 Å². The van der Waals surface area contributed by atoms with E-state index in [1.54, 1.807) is 12.3 Å². The first-order chi connectivity index (χ1) is 10.6. The van der Waals surface area contributed by atoms with Crippen molar-refractivity contribution >= 4 is 11.0 Å². The minimum absolute atomic E-state index is 0.198. The molecule has 0 aliphatic heterocycles. The van der Waals surface area contributed by atoms with Crippen molar-refractivity contribution in [3.63, 3.8) is 0 Å². The minimum atomic E-state index is -0.296. The summed E-state index contributed by atoms with van der Waals surface area (Å²) in [6.07, 6.45) is 1.68. The highest BCUT2D eigenvalue weighted by Crippen LogP contribution is 2.22. The standard InChI is InChI=1S/C18H19NO3/c1-11-6-7-15-14(9-17(20)22-18(15)12(11)2)10-19-13(3)16-5-4-8-21-16/h4-9,13,19H,10H2,1-3H3/p+1/t13-/m1/s1. The number of hydrogen-bond donors (Lipinski definition) is 1. The molecule has 0 aliphatic rings. The molecular weight excluding hydrogens is 278 g/mol. The summed E-state index contributed by atoms with van der Waals surface area (Å²) in [4.78, 5) is 11.8. The zero-order valence-electron chi connectivity index (χ0n) is 13.1. The third-order valence-electron chi connectivity index (χ3n) is 4.20. The number of benzene rings is 1. The van der Waals surface area contributed by atoms with Crippen LogP contribution in [-0.2, 0) is 6.54 Å². The lowest BCUT2D eigenvalue weighted by Gasteiger charge is -2.11. The fourth-order valence-electron chi connectivity index (χ4n) is 2.66. The van der Waals surface area contributed by atoms with Crippen LogP contribution in [0.2, 0.25) is 0 Å². The van der Waals surface area contributed by atoms with Crippen LogP contribution in [0.3, 0.4) is 0 Å². The molecule has 2 N–H and O–H groups in total. The van der Waals surface area contributed by atoms with Crippen LogP contribution < -0.4 is 10.9 Å². The second kappa shape index (κ2) is 5.81. The molecule has 0 spiro atoms. The smallest absolute Gasteiger partial charge is 0.336 e. The van der Waals surface area contributed by atoms with Gasteiger partial charge in [-0.15, -0.1) is 0 Å². The maximum absolute atomic E-state index is 11.8. The molecule has 4 nitrogen and oxygen atoms in total. The number of aryl methyl sites for hydroxylation is 2. The first-order valence-corrected chi connectivity index (χ1v) is 7.46. The third-order valence-corrected chi connectivity index (χ3v) is 4.20. The molecule has 4 heteroatoms. The van der Waals surface area contributed by atoms with E-state index in [0.29, 0.717) is 12.1 Å². The van der Waals surface area contributed by atoms with Gasteiger partial charge in [-0.1, -0.05) is 12.1 Å². The fourth-order valence-corrected chi connectivity index (χ4v) is 2.66. The molecule has 0 bridgehead atoms. The highest BCUT2D eigenvalue weighted by atomic mass is 16.4. The van der Waals surface area contributed by atoms with Crippen molar-refractivity contribution < 1.29 is 14.2 Å². The Morgan fingerprint density at radius 3 is 2.77 bits per heavy atom. The van der Waals surface area contributed by atoms with Crippen molar-refractivity contribution in [2.75, 3.05) is 0 Å². The van der Waals surface area contributed by atoms with E-state index in [1.807, 2.05) is 32.0 Å². The molecule has 114 valence electrons. The van der Waals surface area contributed by atoms with Gasteiger partial charge in [0.25, 0.3) is 0 Å². The van der Waals surface area contributed by atoms with Crippen molar-refractivity contribution in [2.24, 2.45) is 0 Å². The third kappa shape index (κ3) is 2.70. The monoisotopic (exact) mass is 298 g/mol. The number of nitrogens with two attached hydrogens (primary N) is 1. The van der Waals surface area contributed by atoms with Gasteiger partial charge in [0, 0.05) is 17.0 Å². The zero-order valence-corrected chi connectivity index (χ0v) is 13.1. The molecule has 0 aliphatic carbocycles. The second-order valence-corrected chi connectivity index (χ2v) is 5.72. The Labute approximate surface area is 128 Å². The van der Waals surface area contributed by atoms with Gasteiger partial charge in [-0.2, -0.15) is 0 Å². The summed E-state index contributed by atoms with van der Waals surface area (Å²) in [5, 5.41) is 3.16. The first-order valence-electron chi connectivity index (χ1n) is 7.46. The lowest BCUT2D eigenvalue weighted by molar-refractivity contribution is -0.709. The molecule has 0 fully saturated rings. The Balaban J connectivity index is 1.94. The number of furan rings is 1. The Hall–Kier alpha value is -2.33.